The van der Waals surface area contributed by atoms with Crippen molar-refractivity contribution in [1.82, 2.24) is 0 Å². The molecule has 12 bridgehead atoms. The molecule has 0 atom stereocenters. The quantitative estimate of drug-likeness (QED) is 0.169. The molecule has 14 rings (SSSR count). The maximum Gasteiger partial charge on any atom is 0.205 e. The Kier molecular flexibility index (Phi) is 7.10. The van der Waals surface area contributed by atoms with Crippen molar-refractivity contribution in [2.45, 2.75) is 119 Å². The van der Waals surface area contributed by atoms with Crippen LogP contribution in [0.4, 0.5) is 17.6 Å². The first-order valence-electron chi connectivity index (χ1n) is 20.1. The van der Waals surface area contributed by atoms with Crippen LogP contribution in [0.5, 0.6) is 11.5 Å². The summed E-state index contributed by atoms with van der Waals surface area (Å²) < 4.78 is 104. The van der Waals surface area contributed by atoms with E-state index in [2.05, 4.69) is 12.1 Å². The van der Waals surface area contributed by atoms with Gasteiger partial charge in [0.15, 0.2) is 11.6 Å². The lowest BCUT2D eigenvalue weighted by Gasteiger charge is -2.57. The smallest absolute Gasteiger partial charge is 0.205 e. The van der Waals surface area contributed by atoms with Crippen molar-refractivity contribution in [1.29, 1.82) is 0 Å². The Morgan fingerprint density at radius 1 is 0.471 bits per heavy atom. The van der Waals surface area contributed by atoms with E-state index in [0.29, 0.717) is 70.8 Å². The van der Waals surface area contributed by atoms with E-state index in [1.54, 1.807) is 0 Å². The molecule has 0 N–H and O–H groups in total. The minimum Gasteiger partial charge on any atom is -0.744 e. The van der Waals surface area contributed by atoms with Crippen molar-refractivity contribution in [2.24, 2.45) is 71.0 Å². The topological polar surface area (TPSA) is 66.4 Å². The van der Waals surface area contributed by atoms with Crippen LogP contribution in [0.15, 0.2) is 17.0 Å². The highest BCUT2D eigenvalue weighted by molar-refractivity contribution is 7.85. The first-order valence-corrected chi connectivity index (χ1v) is 21.5. The SMILES string of the molecule is O=S(=O)([O-])c1c(F)c(F)c(Oc2c(C3C4CC5CC(C4)CC3C5)cc(C3C4CC5CC(C4)CC3C5)cc2C2C3CC4CC(C3)CC2C4)c(F)c1F. The van der Waals surface area contributed by atoms with Crippen LogP contribution in [0, 0.1) is 94.3 Å². The van der Waals surface area contributed by atoms with Crippen LogP contribution in [-0.4, -0.2) is 13.0 Å². The molecule has 0 saturated heterocycles. The third-order valence-corrected chi connectivity index (χ3v) is 17.4. The number of rotatable bonds is 6. The van der Waals surface area contributed by atoms with Gasteiger partial charge in [-0.1, -0.05) is 12.1 Å². The number of hydrogen-bond acceptors (Lipinski definition) is 4. The van der Waals surface area contributed by atoms with Gasteiger partial charge in [-0.2, -0.15) is 8.78 Å². The Hall–Kier alpha value is -2.13. The summed E-state index contributed by atoms with van der Waals surface area (Å²) in [5, 5.41) is 0. The Bertz CT molecular complexity index is 1750. The van der Waals surface area contributed by atoms with Crippen LogP contribution >= 0.6 is 0 Å². The van der Waals surface area contributed by atoms with Crippen molar-refractivity contribution >= 4 is 10.1 Å². The molecule has 0 heterocycles. The van der Waals surface area contributed by atoms with E-state index in [0.717, 1.165) is 74.3 Å². The van der Waals surface area contributed by atoms with E-state index in [9.17, 15) is 13.0 Å². The van der Waals surface area contributed by atoms with Gasteiger partial charge in [0.05, 0.1) is 0 Å². The van der Waals surface area contributed by atoms with E-state index in [1.165, 1.54) is 50.5 Å². The summed E-state index contributed by atoms with van der Waals surface area (Å²) in [6, 6.07) is 4.63. The van der Waals surface area contributed by atoms with Crippen LogP contribution in [0.1, 0.15) is 131 Å². The van der Waals surface area contributed by atoms with Crippen molar-refractivity contribution in [3.05, 3.63) is 52.1 Å². The normalized spacial score (nSPS) is 44.1. The van der Waals surface area contributed by atoms with Gasteiger partial charge in [0, 0.05) is 0 Å². The molecule has 0 unspecified atom stereocenters. The Morgan fingerprint density at radius 3 is 1.10 bits per heavy atom. The average molecular weight is 724 g/mol. The van der Waals surface area contributed by atoms with Gasteiger partial charge in [-0.05, 0) is 202 Å². The standard InChI is InChI=1S/C42H48F4O4S/c43-36-38(45)42(51(47,48)49)39(46)37(44)41(36)50-40-31(34-26-8-20-2-21(10-26)11-27(34)9-20)16-30(33-24-4-18-1-19(6-24)7-25(33)5-18)17-32(40)35-28-12-22-3-23(14-28)15-29(35)13-22/h16-29,33-35H,1-15H2,(H,47,48,49)/p-1. The van der Waals surface area contributed by atoms with Gasteiger partial charge in [0.2, 0.25) is 17.4 Å². The van der Waals surface area contributed by atoms with Gasteiger partial charge in [0.25, 0.3) is 0 Å². The minimum absolute atomic E-state index is 0.127. The second-order valence-electron chi connectivity index (χ2n) is 19.4. The van der Waals surface area contributed by atoms with Gasteiger partial charge in [0.1, 0.15) is 20.8 Å². The Labute approximate surface area is 298 Å². The number of halogens is 4. The van der Waals surface area contributed by atoms with Crippen molar-refractivity contribution in [2.75, 3.05) is 0 Å². The van der Waals surface area contributed by atoms with Crippen LogP contribution in [0.2, 0.25) is 0 Å². The molecule has 51 heavy (non-hydrogen) atoms. The molecule has 0 aliphatic heterocycles. The lowest BCUT2D eigenvalue weighted by Crippen LogP contribution is -2.45. The largest absolute Gasteiger partial charge is 0.744 e. The van der Waals surface area contributed by atoms with Gasteiger partial charge in [-0.3, -0.25) is 0 Å². The molecule has 9 heteroatoms. The molecule has 4 nitrogen and oxygen atoms in total. The zero-order chi connectivity index (χ0) is 34.7. The van der Waals surface area contributed by atoms with Crippen LogP contribution in [-0.2, 0) is 10.1 Å². The first kappa shape index (κ1) is 32.3. The van der Waals surface area contributed by atoms with Crippen molar-refractivity contribution in [3.8, 4) is 11.5 Å². The van der Waals surface area contributed by atoms with Gasteiger partial charge < -0.3 is 9.29 Å². The summed E-state index contributed by atoms with van der Waals surface area (Å²) in [5.74, 6) is -1.29. The highest BCUT2D eigenvalue weighted by Crippen LogP contribution is 2.66. The minimum atomic E-state index is -5.83. The summed E-state index contributed by atoms with van der Waals surface area (Å²) >= 11 is 0. The zero-order valence-corrected chi connectivity index (χ0v) is 29.8. The van der Waals surface area contributed by atoms with E-state index < -0.39 is 44.0 Å². The number of ether oxygens (including phenoxy) is 1. The molecular formula is C42H47F4O4S-. The van der Waals surface area contributed by atoms with E-state index >= 15 is 17.6 Å². The highest BCUT2D eigenvalue weighted by Gasteiger charge is 2.54. The molecular weight excluding hydrogens is 677 g/mol. The second kappa shape index (κ2) is 11.2. The van der Waals surface area contributed by atoms with Gasteiger partial charge in [-0.15, -0.1) is 0 Å². The van der Waals surface area contributed by atoms with Crippen LogP contribution in [0.3, 0.4) is 0 Å². The molecule has 2 aromatic rings. The van der Waals surface area contributed by atoms with Crippen molar-refractivity contribution in [3.63, 3.8) is 0 Å². The molecule has 12 fully saturated rings. The maximum absolute atomic E-state index is 15.9. The molecule has 274 valence electrons. The van der Waals surface area contributed by atoms with E-state index in [1.807, 2.05) is 0 Å². The lowest BCUT2D eigenvalue weighted by atomic mass is 9.48. The third-order valence-electron chi connectivity index (χ3n) is 16.6. The first-order chi connectivity index (χ1) is 24.5. The lowest BCUT2D eigenvalue weighted by molar-refractivity contribution is -0.00817. The van der Waals surface area contributed by atoms with E-state index in [-0.39, 0.29) is 11.8 Å². The Balaban J connectivity index is 1.13. The van der Waals surface area contributed by atoms with Crippen LogP contribution in [0.25, 0.3) is 0 Å². The Morgan fingerprint density at radius 2 is 0.784 bits per heavy atom. The molecule has 0 spiro atoms. The fourth-order valence-corrected chi connectivity index (χ4v) is 16.5. The molecule has 12 aliphatic carbocycles. The monoisotopic (exact) mass is 723 g/mol. The van der Waals surface area contributed by atoms with Crippen LogP contribution < -0.4 is 4.74 Å². The second-order valence-corrected chi connectivity index (χ2v) is 20.7. The molecule has 0 radical (unpaired) electrons. The fourth-order valence-electron chi connectivity index (χ4n) is 15.8. The predicted molar refractivity (Wildman–Crippen MR) is 180 cm³/mol. The summed E-state index contributed by atoms with van der Waals surface area (Å²) in [7, 11) is -5.83. The van der Waals surface area contributed by atoms with Gasteiger partial charge in [-0.25, -0.2) is 17.2 Å². The average Bonchev–Trinajstić information content (AvgIpc) is 3.04. The predicted octanol–water partition coefficient (Wildman–Crippen LogP) is 10.6. The summed E-state index contributed by atoms with van der Waals surface area (Å²) in [6.07, 6.45) is 17.9. The molecule has 12 aliphatic rings. The molecule has 2 aromatic carbocycles. The summed E-state index contributed by atoms with van der Waals surface area (Å²) in [4.78, 5) is -2.13. The summed E-state index contributed by atoms with van der Waals surface area (Å²) in [6.45, 7) is 0. The van der Waals surface area contributed by atoms with Gasteiger partial charge >= 0.3 is 0 Å². The zero-order valence-electron chi connectivity index (χ0n) is 29.0. The highest BCUT2D eigenvalue weighted by atomic mass is 32.2. The van der Waals surface area contributed by atoms with E-state index in [4.69, 9.17) is 4.74 Å². The number of hydrogen-bond donors (Lipinski definition) is 0. The number of benzene rings is 2. The van der Waals surface area contributed by atoms with Crippen molar-refractivity contribution < 1.29 is 35.3 Å². The summed E-state index contributed by atoms with van der Waals surface area (Å²) in [5.41, 5.74) is 3.26. The molecule has 0 amide bonds. The third kappa shape index (κ3) is 4.87. The fraction of sp³-hybridized carbons (Fsp3) is 0.714. The maximum atomic E-state index is 15.9. The molecule has 12 saturated carbocycles. The molecule has 0 aromatic heterocycles.